The van der Waals surface area contributed by atoms with Crippen molar-refractivity contribution in [3.8, 4) is 11.3 Å². The van der Waals surface area contributed by atoms with E-state index >= 15 is 0 Å². The molecule has 0 unspecified atom stereocenters. The summed E-state index contributed by atoms with van der Waals surface area (Å²) < 4.78 is 1.73. The molecule has 2 N–H and O–H groups in total. The number of fused-ring (bicyclic) bond motifs is 1. The van der Waals surface area contributed by atoms with E-state index in [1.165, 1.54) is 0 Å². The van der Waals surface area contributed by atoms with Gasteiger partial charge in [-0.1, -0.05) is 36.4 Å². The van der Waals surface area contributed by atoms with E-state index in [1.807, 2.05) is 54.7 Å². The average Bonchev–Trinajstić information content (AvgIpc) is 3.12. The Hall–Kier alpha value is -3.25. The highest BCUT2D eigenvalue weighted by molar-refractivity contribution is 5.68. The Kier molecular flexibility index (Phi) is 4.33. The van der Waals surface area contributed by atoms with Gasteiger partial charge in [-0.2, -0.15) is 9.61 Å². The molecule has 1 aromatic carbocycles. The Balaban J connectivity index is 1.82. The van der Waals surface area contributed by atoms with Gasteiger partial charge >= 0.3 is 0 Å². The Morgan fingerprint density at radius 1 is 1.07 bits per heavy atom. The van der Waals surface area contributed by atoms with Gasteiger partial charge in [0.25, 0.3) is 0 Å². The number of hydrogen-bond acceptors (Lipinski definition) is 5. The molecule has 27 heavy (non-hydrogen) atoms. The molecule has 136 valence electrons. The molecule has 0 bridgehead atoms. The molecule has 3 aromatic heterocycles. The summed E-state index contributed by atoms with van der Waals surface area (Å²) >= 11 is 0. The van der Waals surface area contributed by atoms with E-state index in [-0.39, 0.29) is 0 Å². The molecule has 0 spiro atoms. The fourth-order valence-electron chi connectivity index (χ4n) is 2.97. The number of anilines is 1. The summed E-state index contributed by atoms with van der Waals surface area (Å²) in [5.74, 6) is 0.804. The van der Waals surface area contributed by atoms with Crippen LogP contribution in [-0.2, 0) is 12.1 Å². The number of aromatic nitrogens is 4. The summed E-state index contributed by atoms with van der Waals surface area (Å²) in [6.45, 7) is 4.09. The molecule has 0 aliphatic rings. The van der Waals surface area contributed by atoms with Crippen LogP contribution in [0.25, 0.3) is 16.9 Å². The van der Waals surface area contributed by atoms with E-state index < -0.39 is 5.60 Å². The van der Waals surface area contributed by atoms with Crippen LogP contribution in [0.1, 0.15) is 25.0 Å². The number of rotatable bonds is 5. The van der Waals surface area contributed by atoms with Gasteiger partial charge in [-0.15, -0.1) is 0 Å². The number of benzene rings is 1. The summed E-state index contributed by atoms with van der Waals surface area (Å²) in [5.41, 5.74) is 3.18. The average molecular weight is 359 g/mol. The fourth-order valence-corrected chi connectivity index (χ4v) is 2.97. The van der Waals surface area contributed by atoms with Gasteiger partial charge in [0.05, 0.1) is 17.5 Å². The summed E-state index contributed by atoms with van der Waals surface area (Å²) in [6, 6.07) is 15.9. The monoisotopic (exact) mass is 359 g/mol. The molecule has 4 rings (SSSR count). The van der Waals surface area contributed by atoms with Crippen molar-refractivity contribution in [3.05, 3.63) is 78.2 Å². The number of nitrogens with zero attached hydrogens (tertiary/aromatic N) is 4. The van der Waals surface area contributed by atoms with E-state index in [1.54, 1.807) is 30.8 Å². The zero-order chi connectivity index (χ0) is 18.9. The number of nitrogens with one attached hydrogen (secondary N) is 1. The largest absolute Gasteiger partial charge is 0.386 e. The first-order valence-corrected chi connectivity index (χ1v) is 8.82. The highest BCUT2D eigenvalue weighted by Crippen LogP contribution is 2.28. The highest BCUT2D eigenvalue weighted by Gasteiger charge is 2.23. The lowest BCUT2D eigenvalue weighted by atomic mass is 10.0. The second-order valence-corrected chi connectivity index (χ2v) is 6.96. The van der Waals surface area contributed by atoms with E-state index in [9.17, 15) is 5.11 Å². The quantitative estimate of drug-likeness (QED) is 0.569. The second kappa shape index (κ2) is 6.81. The maximum Gasteiger partial charge on any atom is 0.164 e. The smallest absolute Gasteiger partial charge is 0.164 e. The normalized spacial score (nSPS) is 11.7. The van der Waals surface area contributed by atoms with Gasteiger partial charge in [-0.3, -0.25) is 4.98 Å². The summed E-state index contributed by atoms with van der Waals surface area (Å²) in [4.78, 5) is 8.93. The van der Waals surface area contributed by atoms with Crippen LogP contribution in [0.15, 0.2) is 67.1 Å². The lowest BCUT2D eigenvalue weighted by Crippen LogP contribution is -2.16. The second-order valence-electron chi connectivity index (χ2n) is 6.96. The first-order chi connectivity index (χ1) is 13.0. The van der Waals surface area contributed by atoms with E-state index in [0.29, 0.717) is 17.8 Å². The fraction of sp³-hybridized carbons (Fsp3) is 0.190. The molecule has 0 saturated carbocycles. The molecule has 0 atom stereocenters. The van der Waals surface area contributed by atoms with E-state index in [0.717, 1.165) is 22.6 Å². The van der Waals surface area contributed by atoms with Gasteiger partial charge in [0.1, 0.15) is 5.82 Å². The molecule has 0 radical (unpaired) electrons. The molecule has 4 aromatic rings. The topological polar surface area (TPSA) is 75.3 Å². The molecular weight excluding hydrogens is 338 g/mol. The molecule has 0 aliphatic heterocycles. The Labute approximate surface area is 157 Å². The molecule has 3 heterocycles. The number of hydrogen-bond donors (Lipinski definition) is 2. The van der Waals surface area contributed by atoms with Crippen LogP contribution < -0.4 is 5.32 Å². The molecular formula is C21H21N5O. The lowest BCUT2D eigenvalue weighted by Gasteiger charge is -2.16. The van der Waals surface area contributed by atoms with Crippen LogP contribution in [-0.4, -0.2) is 24.7 Å². The third-order valence-electron chi connectivity index (χ3n) is 4.40. The Morgan fingerprint density at radius 3 is 2.59 bits per heavy atom. The van der Waals surface area contributed by atoms with Crippen molar-refractivity contribution >= 4 is 11.5 Å². The zero-order valence-corrected chi connectivity index (χ0v) is 15.3. The zero-order valence-electron chi connectivity index (χ0n) is 15.3. The maximum atomic E-state index is 10.5. The van der Waals surface area contributed by atoms with Gasteiger partial charge in [0.15, 0.2) is 5.65 Å². The van der Waals surface area contributed by atoms with Crippen molar-refractivity contribution in [3.63, 3.8) is 0 Å². The molecule has 0 fully saturated rings. The van der Waals surface area contributed by atoms with Crippen LogP contribution in [0.5, 0.6) is 0 Å². The van der Waals surface area contributed by atoms with Crippen molar-refractivity contribution in [2.24, 2.45) is 0 Å². The van der Waals surface area contributed by atoms with Crippen molar-refractivity contribution in [2.75, 3.05) is 5.32 Å². The van der Waals surface area contributed by atoms with Crippen LogP contribution in [0, 0.1) is 0 Å². The first kappa shape index (κ1) is 17.2. The molecule has 0 amide bonds. The van der Waals surface area contributed by atoms with Crippen LogP contribution in [0.4, 0.5) is 5.82 Å². The predicted octanol–water partition coefficient (Wildman–Crippen LogP) is 3.63. The van der Waals surface area contributed by atoms with Gasteiger partial charge in [0, 0.05) is 36.1 Å². The van der Waals surface area contributed by atoms with Gasteiger partial charge < -0.3 is 10.4 Å². The van der Waals surface area contributed by atoms with Crippen molar-refractivity contribution in [1.82, 2.24) is 19.6 Å². The molecule has 6 heteroatoms. The third-order valence-corrected chi connectivity index (χ3v) is 4.40. The standard InChI is InChI=1S/C21H21N5O/c1-21(2,27)17-14-24-26-19(23-13-15-7-6-10-22-12-15)11-18(25-20(17)26)16-8-4-3-5-9-16/h3-12,14,23,27H,13H2,1-2H3. The van der Waals surface area contributed by atoms with Crippen LogP contribution >= 0.6 is 0 Å². The van der Waals surface area contributed by atoms with Crippen molar-refractivity contribution in [2.45, 2.75) is 26.0 Å². The summed E-state index contributed by atoms with van der Waals surface area (Å²) in [7, 11) is 0. The van der Waals surface area contributed by atoms with Gasteiger partial charge in [-0.05, 0) is 25.5 Å². The Morgan fingerprint density at radius 2 is 1.89 bits per heavy atom. The maximum absolute atomic E-state index is 10.5. The minimum atomic E-state index is -1.04. The first-order valence-electron chi connectivity index (χ1n) is 8.82. The third kappa shape index (κ3) is 3.52. The minimum Gasteiger partial charge on any atom is -0.386 e. The molecule has 0 aliphatic carbocycles. The minimum absolute atomic E-state index is 0.610. The Bertz CT molecular complexity index is 1050. The van der Waals surface area contributed by atoms with Gasteiger partial charge in [-0.25, -0.2) is 4.98 Å². The van der Waals surface area contributed by atoms with Gasteiger partial charge in [0.2, 0.25) is 0 Å². The van der Waals surface area contributed by atoms with E-state index in [2.05, 4.69) is 15.4 Å². The van der Waals surface area contributed by atoms with Crippen LogP contribution in [0.2, 0.25) is 0 Å². The lowest BCUT2D eigenvalue weighted by molar-refractivity contribution is 0.0799. The molecule has 0 saturated heterocycles. The number of pyridine rings is 1. The highest BCUT2D eigenvalue weighted by atomic mass is 16.3. The van der Waals surface area contributed by atoms with E-state index in [4.69, 9.17) is 4.98 Å². The van der Waals surface area contributed by atoms with Crippen molar-refractivity contribution < 1.29 is 5.11 Å². The predicted molar refractivity (Wildman–Crippen MR) is 105 cm³/mol. The SMILES string of the molecule is CC(C)(O)c1cnn2c(NCc3cccnc3)cc(-c3ccccc3)nc12. The molecule has 6 nitrogen and oxygen atoms in total. The van der Waals surface area contributed by atoms with Crippen molar-refractivity contribution in [1.29, 1.82) is 0 Å². The summed E-state index contributed by atoms with van der Waals surface area (Å²) in [6.07, 6.45) is 5.26. The van der Waals surface area contributed by atoms with Crippen LogP contribution in [0.3, 0.4) is 0 Å². The number of aliphatic hydroxyl groups is 1. The summed E-state index contributed by atoms with van der Waals surface area (Å²) in [5, 5.41) is 18.4.